The summed E-state index contributed by atoms with van der Waals surface area (Å²) < 4.78 is 0. The fourth-order valence-electron chi connectivity index (χ4n) is 0. The molecule has 0 aliphatic carbocycles. The van der Waals surface area contributed by atoms with Gasteiger partial charge in [-0.05, 0) is 12.8 Å². The van der Waals surface area contributed by atoms with Gasteiger partial charge in [0, 0.05) is 11.9 Å². The molecule has 0 aromatic heterocycles. The Morgan fingerprint density at radius 1 is 1.00 bits per heavy atom. The van der Waals surface area contributed by atoms with Crippen molar-refractivity contribution in [3.05, 3.63) is 0 Å². The van der Waals surface area contributed by atoms with Gasteiger partial charge in [-0.1, -0.05) is 13.8 Å². The summed E-state index contributed by atoms with van der Waals surface area (Å²) >= 11 is 0. The maximum absolute atomic E-state index is 9.26. The first-order valence-electron chi connectivity index (χ1n) is 2.94. The fourth-order valence-corrected chi connectivity index (χ4v) is 0. The van der Waals surface area contributed by atoms with Crippen molar-refractivity contribution >= 4 is 38.1 Å². The Bertz CT molecular complexity index is 99.1. The first-order valence-corrected chi connectivity index (χ1v) is 2.94. The SMILES string of the molecule is CCC(=O)[O-].CCC(=O)[O-].[Bi+2]. The Kier molecular flexibility index (Phi) is 19.4. The van der Waals surface area contributed by atoms with E-state index in [0.29, 0.717) is 0 Å². The average molecular weight is 355 g/mol. The van der Waals surface area contributed by atoms with Crippen LogP contribution in [-0.2, 0) is 9.59 Å². The summed E-state index contributed by atoms with van der Waals surface area (Å²) in [7, 11) is 0. The predicted molar refractivity (Wildman–Crippen MR) is 36.4 cm³/mol. The van der Waals surface area contributed by atoms with Crippen LogP contribution >= 0.6 is 0 Å². The van der Waals surface area contributed by atoms with Gasteiger partial charge < -0.3 is 19.8 Å². The number of rotatable bonds is 2. The van der Waals surface area contributed by atoms with Crippen molar-refractivity contribution in [3.8, 4) is 0 Å². The molecule has 0 aromatic carbocycles. The summed E-state index contributed by atoms with van der Waals surface area (Å²) in [5, 5.41) is 18.5. The van der Waals surface area contributed by atoms with Crippen molar-refractivity contribution in [1.82, 2.24) is 0 Å². The second kappa shape index (κ2) is 12.5. The molecule has 0 rings (SSSR count). The van der Waals surface area contributed by atoms with E-state index in [2.05, 4.69) is 0 Å². The summed E-state index contributed by atoms with van der Waals surface area (Å²) in [5.74, 6) is -1.99. The summed E-state index contributed by atoms with van der Waals surface area (Å²) in [6.07, 6.45) is 0.222. The van der Waals surface area contributed by atoms with Gasteiger partial charge in [-0.2, -0.15) is 0 Å². The van der Waals surface area contributed by atoms with Crippen molar-refractivity contribution in [3.63, 3.8) is 0 Å². The second-order valence-corrected chi connectivity index (χ2v) is 1.45. The number of carboxylic acid groups (broad SMARTS) is 2. The van der Waals surface area contributed by atoms with Crippen molar-refractivity contribution < 1.29 is 19.8 Å². The molecule has 0 saturated heterocycles. The molecule has 0 saturated carbocycles. The Morgan fingerprint density at radius 3 is 1.09 bits per heavy atom. The van der Waals surface area contributed by atoms with Gasteiger partial charge in [0.25, 0.3) is 0 Å². The van der Waals surface area contributed by atoms with Gasteiger partial charge >= 0.3 is 26.2 Å². The largest absolute Gasteiger partial charge is 2.00 e. The standard InChI is InChI=1S/2C3H6O2.Bi/c2*1-2-3(4)5;/h2*2H2,1H3,(H,4,5);/q;;+2/p-2. The van der Waals surface area contributed by atoms with Crippen molar-refractivity contribution in [2.45, 2.75) is 26.7 Å². The molecule has 0 amide bonds. The smallest absolute Gasteiger partial charge is 0.550 e. The van der Waals surface area contributed by atoms with Crippen LogP contribution < -0.4 is 10.2 Å². The van der Waals surface area contributed by atoms with E-state index in [1.807, 2.05) is 0 Å². The van der Waals surface area contributed by atoms with Gasteiger partial charge in [0.2, 0.25) is 0 Å². The van der Waals surface area contributed by atoms with E-state index in [9.17, 15) is 19.8 Å². The first kappa shape index (κ1) is 17.1. The predicted octanol–water partition coefficient (Wildman–Crippen LogP) is -2.09. The Morgan fingerprint density at radius 2 is 1.09 bits per heavy atom. The minimum Gasteiger partial charge on any atom is -0.550 e. The van der Waals surface area contributed by atoms with Crippen LogP contribution in [0.3, 0.4) is 0 Å². The van der Waals surface area contributed by atoms with Crippen LogP contribution in [0.25, 0.3) is 0 Å². The average Bonchev–Trinajstić information content (AvgIpc) is 1.89. The van der Waals surface area contributed by atoms with E-state index < -0.39 is 11.9 Å². The molecule has 5 heteroatoms. The van der Waals surface area contributed by atoms with Crippen molar-refractivity contribution in [2.24, 2.45) is 0 Å². The van der Waals surface area contributed by atoms with Crippen molar-refractivity contribution in [1.29, 1.82) is 0 Å². The maximum atomic E-state index is 9.26. The van der Waals surface area contributed by atoms with Crippen LogP contribution in [0.1, 0.15) is 26.7 Å². The van der Waals surface area contributed by atoms with Gasteiger partial charge in [-0.3, -0.25) is 0 Å². The summed E-state index contributed by atoms with van der Waals surface area (Å²) in [5.41, 5.74) is 0. The third kappa shape index (κ3) is 41.1. The van der Waals surface area contributed by atoms with Gasteiger partial charge in [0.05, 0.1) is 0 Å². The topological polar surface area (TPSA) is 80.3 Å². The van der Waals surface area contributed by atoms with Crippen LogP contribution in [0.5, 0.6) is 0 Å². The number of hydrogen-bond acceptors (Lipinski definition) is 4. The number of carboxylic acids is 2. The molecular weight excluding hydrogens is 345 g/mol. The molecule has 0 unspecified atom stereocenters. The Hall–Kier alpha value is -0.177. The summed E-state index contributed by atoms with van der Waals surface area (Å²) in [6.45, 7) is 3.07. The molecule has 0 aromatic rings. The molecule has 3 radical (unpaired) electrons. The van der Waals surface area contributed by atoms with Crippen molar-refractivity contribution in [2.75, 3.05) is 0 Å². The van der Waals surface area contributed by atoms with E-state index in [1.54, 1.807) is 0 Å². The van der Waals surface area contributed by atoms with E-state index >= 15 is 0 Å². The van der Waals surface area contributed by atoms with Gasteiger partial charge in [0.15, 0.2) is 0 Å². The van der Waals surface area contributed by atoms with E-state index in [1.165, 1.54) is 13.8 Å². The minimum absolute atomic E-state index is 0. The molecule has 0 heterocycles. The Labute approximate surface area is 84.7 Å². The normalized spacial score (nSPS) is 6.73. The van der Waals surface area contributed by atoms with Crippen LogP contribution in [0.2, 0.25) is 0 Å². The first-order chi connectivity index (χ1) is 4.54. The Balaban J connectivity index is -0.000000107. The molecule has 0 atom stereocenters. The molecule has 0 spiro atoms. The minimum atomic E-state index is -0.995. The third-order valence-electron chi connectivity index (χ3n) is 0.577. The number of aliphatic carboxylic acids is 2. The molecular formula is C6H10BiO4. The van der Waals surface area contributed by atoms with Crippen LogP contribution in [0.15, 0.2) is 0 Å². The van der Waals surface area contributed by atoms with Gasteiger partial charge in [-0.25, -0.2) is 0 Å². The third-order valence-corrected chi connectivity index (χ3v) is 0.577. The molecule has 63 valence electrons. The monoisotopic (exact) mass is 355 g/mol. The van der Waals surface area contributed by atoms with Crippen LogP contribution in [-0.4, -0.2) is 38.1 Å². The number of carbonyl (C=O) groups excluding carboxylic acids is 2. The number of carbonyl (C=O) groups is 2. The molecule has 0 aliphatic rings. The second-order valence-electron chi connectivity index (χ2n) is 1.45. The fraction of sp³-hybridized carbons (Fsp3) is 0.667. The summed E-state index contributed by atoms with van der Waals surface area (Å²) in [6, 6.07) is 0. The van der Waals surface area contributed by atoms with Crippen LogP contribution in [0.4, 0.5) is 0 Å². The molecule has 11 heavy (non-hydrogen) atoms. The van der Waals surface area contributed by atoms with E-state index in [-0.39, 0.29) is 39.0 Å². The molecule has 0 fully saturated rings. The number of hydrogen-bond donors (Lipinski definition) is 0. The zero-order valence-corrected chi connectivity index (χ0v) is 9.97. The zero-order chi connectivity index (χ0) is 8.57. The molecule has 0 N–H and O–H groups in total. The van der Waals surface area contributed by atoms with Gasteiger partial charge in [0.1, 0.15) is 0 Å². The van der Waals surface area contributed by atoms with Gasteiger partial charge in [-0.15, -0.1) is 0 Å². The molecule has 0 bridgehead atoms. The van der Waals surface area contributed by atoms with E-state index in [0.717, 1.165) is 0 Å². The molecule has 4 nitrogen and oxygen atoms in total. The van der Waals surface area contributed by atoms with E-state index in [4.69, 9.17) is 0 Å². The quantitative estimate of drug-likeness (QED) is 0.532. The maximum Gasteiger partial charge on any atom is 2.00 e. The zero-order valence-electron chi connectivity index (χ0n) is 6.49. The molecule has 0 aliphatic heterocycles. The van der Waals surface area contributed by atoms with Crippen LogP contribution in [0, 0.1) is 0 Å². The summed E-state index contributed by atoms with van der Waals surface area (Å²) in [4.78, 5) is 18.5.